The minimum Gasteiger partial charge on any atom is -0.326 e. The van der Waals surface area contributed by atoms with Gasteiger partial charge in [-0.25, -0.2) is 0 Å². The summed E-state index contributed by atoms with van der Waals surface area (Å²) in [5.41, 5.74) is 0.929. The predicted molar refractivity (Wildman–Crippen MR) is 94.6 cm³/mol. The van der Waals surface area contributed by atoms with Crippen LogP contribution in [0.5, 0.6) is 0 Å². The first-order valence-corrected chi connectivity index (χ1v) is 8.87. The highest BCUT2D eigenvalue weighted by molar-refractivity contribution is 7.85. The fraction of sp³-hybridized carbons (Fsp3) is 0.118. The molecule has 8 nitrogen and oxygen atoms in total. The van der Waals surface area contributed by atoms with Crippen LogP contribution in [0.1, 0.15) is 23.7 Å². The molecule has 0 aromatic heterocycles. The standard InChI is InChI=1S/C17H16N2O6S/c1-11(20)9-16(21)18-13-5-7-14(8-6-13)19-17(22)12-3-2-4-15(10-12)26(23,24)25/h2-8,10H,9H2,1H3,(H,18,21)(H,19,22)(H,23,24,25). The number of ketones is 1. The predicted octanol–water partition coefficient (Wildman–Crippen LogP) is 2.10. The number of hydrogen-bond donors (Lipinski definition) is 3. The Morgan fingerprint density at radius 1 is 0.962 bits per heavy atom. The molecule has 0 saturated heterocycles. The van der Waals surface area contributed by atoms with Crippen molar-refractivity contribution in [2.75, 3.05) is 10.6 Å². The zero-order chi connectivity index (χ0) is 19.3. The molecule has 2 amide bonds. The van der Waals surface area contributed by atoms with Gasteiger partial charge in [0, 0.05) is 16.9 Å². The Balaban J connectivity index is 2.06. The lowest BCUT2D eigenvalue weighted by molar-refractivity contribution is -0.124. The van der Waals surface area contributed by atoms with E-state index in [1.807, 2.05) is 0 Å². The lowest BCUT2D eigenvalue weighted by Crippen LogP contribution is -2.15. The Morgan fingerprint density at radius 2 is 1.54 bits per heavy atom. The number of amides is 2. The van der Waals surface area contributed by atoms with Crippen molar-refractivity contribution < 1.29 is 27.4 Å². The zero-order valence-electron chi connectivity index (χ0n) is 13.7. The topological polar surface area (TPSA) is 130 Å². The van der Waals surface area contributed by atoms with Crippen LogP contribution in [0.2, 0.25) is 0 Å². The number of anilines is 2. The molecule has 0 fully saturated rings. The summed E-state index contributed by atoms with van der Waals surface area (Å²) in [5.74, 6) is -1.25. The van der Waals surface area contributed by atoms with Crippen LogP contribution < -0.4 is 10.6 Å². The largest absolute Gasteiger partial charge is 0.326 e. The summed E-state index contributed by atoms with van der Waals surface area (Å²) in [7, 11) is -4.40. The summed E-state index contributed by atoms with van der Waals surface area (Å²) in [5, 5.41) is 5.11. The van der Waals surface area contributed by atoms with E-state index in [2.05, 4.69) is 10.6 Å². The van der Waals surface area contributed by atoms with Crippen molar-refractivity contribution in [2.24, 2.45) is 0 Å². The van der Waals surface area contributed by atoms with E-state index in [-0.39, 0.29) is 22.7 Å². The highest BCUT2D eigenvalue weighted by Crippen LogP contribution is 2.16. The summed E-state index contributed by atoms with van der Waals surface area (Å²) < 4.78 is 31.3. The van der Waals surface area contributed by atoms with Crippen molar-refractivity contribution in [3.8, 4) is 0 Å². The average molecular weight is 376 g/mol. The van der Waals surface area contributed by atoms with Gasteiger partial charge in [-0.2, -0.15) is 8.42 Å². The number of carbonyl (C=O) groups is 3. The van der Waals surface area contributed by atoms with Crippen LogP contribution in [0.4, 0.5) is 11.4 Å². The second-order valence-corrected chi connectivity index (χ2v) is 6.88. The SMILES string of the molecule is CC(=O)CC(=O)Nc1ccc(NC(=O)c2cccc(S(=O)(=O)O)c2)cc1. The monoisotopic (exact) mass is 376 g/mol. The minimum atomic E-state index is -4.40. The number of nitrogens with one attached hydrogen (secondary N) is 2. The molecule has 3 N–H and O–H groups in total. The van der Waals surface area contributed by atoms with Crippen LogP contribution in [-0.2, 0) is 19.7 Å². The Labute approximate surface area is 150 Å². The molecular formula is C17H16N2O6S. The second kappa shape index (κ2) is 7.89. The number of rotatable bonds is 6. The number of carbonyl (C=O) groups excluding carboxylic acids is 3. The first kappa shape index (κ1) is 19.3. The third-order valence-corrected chi connectivity index (χ3v) is 4.08. The van der Waals surface area contributed by atoms with E-state index in [9.17, 15) is 22.8 Å². The highest BCUT2D eigenvalue weighted by Gasteiger charge is 2.13. The quantitative estimate of drug-likeness (QED) is 0.523. The van der Waals surface area contributed by atoms with Crippen LogP contribution >= 0.6 is 0 Å². The highest BCUT2D eigenvalue weighted by atomic mass is 32.2. The molecule has 2 aromatic rings. The van der Waals surface area contributed by atoms with E-state index in [1.54, 1.807) is 12.1 Å². The summed E-state index contributed by atoms with van der Waals surface area (Å²) in [4.78, 5) is 34.2. The molecule has 0 bridgehead atoms. The molecule has 0 radical (unpaired) electrons. The lowest BCUT2D eigenvalue weighted by atomic mass is 10.2. The van der Waals surface area contributed by atoms with Crippen LogP contribution in [0.15, 0.2) is 53.4 Å². The molecule has 2 rings (SSSR count). The second-order valence-electron chi connectivity index (χ2n) is 5.46. The van der Waals surface area contributed by atoms with Gasteiger partial charge in [0.1, 0.15) is 5.78 Å². The van der Waals surface area contributed by atoms with Crippen LogP contribution in [0.3, 0.4) is 0 Å². The van der Waals surface area contributed by atoms with Gasteiger partial charge in [-0.15, -0.1) is 0 Å². The Kier molecular flexibility index (Phi) is 5.86. The maximum Gasteiger partial charge on any atom is 0.294 e. The van der Waals surface area contributed by atoms with Crippen LogP contribution in [0, 0.1) is 0 Å². The molecule has 136 valence electrons. The van der Waals surface area contributed by atoms with Gasteiger partial charge in [-0.3, -0.25) is 18.9 Å². The van der Waals surface area contributed by atoms with E-state index in [0.717, 1.165) is 6.07 Å². The normalized spacial score (nSPS) is 10.8. The van der Waals surface area contributed by atoms with Gasteiger partial charge in [-0.05, 0) is 49.4 Å². The third-order valence-electron chi connectivity index (χ3n) is 3.23. The molecule has 0 atom stereocenters. The number of hydrogen-bond acceptors (Lipinski definition) is 5. The molecule has 26 heavy (non-hydrogen) atoms. The van der Waals surface area contributed by atoms with Gasteiger partial charge in [0.05, 0.1) is 11.3 Å². The fourth-order valence-corrected chi connectivity index (χ4v) is 2.60. The maximum atomic E-state index is 12.2. The molecular weight excluding hydrogens is 360 g/mol. The van der Waals surface area contributed by atoms with Gasteiger partial charge >= 0.3 is 0 Å². The number of benzene rings is 2. The molecule has 9 heteroatoms. The van der Waals surface area contributed by atoms with E-state index >= 15 is 0 Å². The molecule has 0 unspecified atom stereocenters. The van der Waals surface area contributed by atoms with Gasteiger partial charge in [-0.1, -0.05) is 6.07 Å². The molecule has 0 saturated carbocycles. The number of Topliss-reactive ketones (excluding diaryl/α,β-unsaturated/α-hetero) is 1. The van der Waals surface area contributed by atoms with Crippen molar-refractivity contribution >= 4 is 39.1 Å². The molecule has 0 heterocycles. The van der Waals surface area contributed by atoms with E-state index in [0.29, 0.717) is 11.4 Å². The molecule has 2 aromatic carbocycles. The van der Waals surface area contributed by atoms with Crippen molar-refractivity contribution in [1.82, 2.24) is 0 Å². The van der Waals surface area contributed by atoms with Crippen molar-refractivity contribution in [1.29, 1.82) is 0 Å². The van der Waals surface area contributed by atoms with E-state index < -0.39 is 21.9 Å². The maximum absolute atomic E-state index is 12.2. The van der Waals surface area contributed by atoms with E-state index in [4.69, 9.17) is 4.55 Å². The van der Waals surface area contributed by atoms with Crippen molar-refractivity contribution in [2.45, 2.75) is 18.2 Å². The Hall–Kier alpha value is -3.04. The summed E-state index contributed by atoms with van der Waals surface area (Å²) in [6, 6.07) is 11.1. The first-order valence-electron chi connectivity index (χ1n) is 7.43. The van der Waals surface area contributed by atoms with Gasteiger partial charge < -0.3 is 10.6 Å². The van der Waals surface area contributed by atoms with Crippen molar-refractivity contribution in [3.05, 3.63) is 54.1 Å². The molecule has 0 spiro atoms. The molecule has 0 aliphatic carbocycles. The van der Waals surface area contributed by atoms with Gasteiger partial charge in [0.2, 0.25) is 5.91 Å². The Bertz CT molecular complexity index is 951. The zero-order valence-corrected chi connectivity index (χ0v) is 14.5. The first-order chi connectivity index (χ1) is 12.1. The van der Waals surface area contributed by atoms with Gasteiger partial charge in [0.15, 0.2) is 0 Å². The third kappa shape index (κ3) is 5.50. The summed E-state index contributed by atoms with van der Waals surface area (Å²) >= 11 is 0. The lowest BCUT2D eigenvalue weighted by Gasteiger charge is -2.08. The van der Waals surface area contributed by atoms with E-state index in [1.165, 1.54) is 37.3 Å². The van der Waals surface area contributed by atoms with Crippen LogP contribution in [0.25, 0.3) is 0 Å². The fourth-order valence-electron chi connectivity index (χ4n) is 2.07. The summed E-state index contributed by atoms with van der Waals surface area (Å²) in [6.45, 7) is 1.31. The van der Waals surface area contributed by atoms with Gasteiger partial charge in [0.25, 0.3) is 16.0 Å². The Morgan fingerprint density at radius 3 is 2.08 bits per heavy atom. The average Bonchev–Trinajstić information content (AvgIpc) is 2.55. The van der Waals surface area contributed by atoms with Crippen molar-refractivity contribution in [3.63, 3.8) is 0 Å². The molecule has 0 aliphatic rings. The molecule has 0 aliphatic heterocycles. The summed E-state index contributed by atoms with van der Waals surface area (Å²) in [6.07, 6.45) is -0.220. The van der Waals surface area contributed by atoms with Crippen LogP contribution in [-0.4, -0.2) is 30.6 Å². The smallest absolute Gasteiger partial charge is 0.294 e. The minimum absolute atomic E-state index is 0.0546.